The van der Waals surface area contributed by atoms with Gasteiger partial charge in [-0.3, -0.25) is 11.3 Å². The molecule has 0 saturated heterocycles. The molecular weight excluding hydrogens is 219 g/mol. The van der Waals surface area contributed by atoms with Crippen LogP contribution in [0.1, 0.15) is 18.9 Å². The smallest absolute Gasteiger partial charge is 0.123 e. The van der Waals surface area contributed by atoms with E-state index in [-0.39, 0.29) is 11.9 Å². The number of hydrogen-bond donors (Lipinski definition) is 2. The Bertz CT molecular complexity index is 333. The largest absolute Gasteiger partial charge is 0.384 e. The molecule has 0 amide bonds. The number of hydrogen-bond acceptors (Lipinski definition) is 3. The lowest BCUT2D eigenvalue weighted by molar-refractivity contribution is 0.149. The molecule has 2 unspecified atom stereocenters. The summed E-state index contributed by atoms with van der Waals surface area (Å²) in [6.07, 6.45) is 1.63. The third kappa shape index (κ3) is 5.26. The van der Waals surface area contributed by atoms with E-state index in [1.807, 2.05) is 6.07 Å². The van der Waals surface area contributed by atoms with Crippen molar-refractivity contribution in [3.05, 3.63) is 35.6 Å². The third-order valence-corrected chi connectivity index (χ3v) is 2.74. The van der Waals surface area contributed by atoms with Gasteiger partial charge in [0.05, 0.1) is 0 Å². The molecule has 0 aliphatic carbocycles. The summed E-state index contributed by atoms with van der Waals surface area (Å²) in [5, 5.41) is 0. The van der Waals surface area contributed by atoms with Crippen LogP contribution in [0.5, 0.6) is 0 Å². The highest BCUT2D eigenvalue weighted by molar-refractivity contribution is 5.17. The van der Waals surface area contributed by atoms with E-state index >= 15 is 0 Å². The van der Waals surface area contributed by atoms with E-state index in [9.17, 15) is 4.39 Å². The summed E-state index contributed by atoms with van der Waals surface area (Å²) in [6.45, 7) is 2.82. The van der Waals surface area contributed by atoms with Gasteiger partial charge in [0, 0.05) is 19.8 Å². The number of nitrogens with one attached hydrogen (secondary N) is 1. The molecule has 2 atom stereocenters. The maximum absolute atomic E-state index is 13.0. The van der Waals surface area contributed by atoms with Crippen LogP contribution in [0.15, 0.2) is 24.3 Å². The van der Waals surface area contributed by atoms with E-state index in [1.165, 1.54) is 6.07 Å². The molecule has 0 bridgehead atoms. The van der Waals surface area contributed by atoms with Crippen molar-refractivity contribution in [1.29, 1.82) is 0 Å². The second-order valence-electron chi connectivity index (χ2n) is 4.49. The Morgan fingerprint density at radius 2 is 2.24 bits per heavy atom. The molecule has 1 aromatic carbocycles. The molecule has 0 spiro atoms. The summed E-state index contributed by atoms with van der Waals surface area (Å²) in [7, 11) is 1.69. The fourth-order valence-corrected chi connectivity index (χ4v) is 2.00. The Balaban J connectivity index is 2.51. The number of methoxy groups -OCH3 is 1. The van der Waals surface area contributed by atoms with Gasteiger partial charge in [0.15, 0.2) is 0 Å². The Morgan fingerprint density at radius 3 is 2.82 bits per heavy atom. The highest BCUT2D eigenvalue weighted by Gasteiger charge is 2.12. The fraction of sp³-hybridized carbons (Fsp3) is 0.538. The van der Waals surface area contributed by atoms with Crippen LogP contribution in [-0.4, -0.2) is 19.8 Å². The van der Waals surface area contributed by atoms with E-state index in [0.29, 0.717) is 12.5 Å². The second-order valence-corrected chi connectivity index (χ2v) is 4.49. The zero-order chi connectivity index (χ0) is 12.7. The zero-order valence-electron chi connectivity index (χ0n) is 10.4. The summed E-state index contributed by atoms with van der Waals surface area (Å²) < 4.78 is 18.1. The number of nitrogens with two attached hydrogens (primary N) is 1. The van der Waals surface area contributed by atoms with Crippen LogP contribution in [0, 0.1) is 11.7 Å². The van der Waals surface area contributed by atoms with Gasteiger partial charge in [0.1, 0.15) is 5.82 Å². The normalized spacial score (nSPS) is 14.6. The SMILES string of the molecule is COCC(C)CC(Cc1cccc(F)c1)NN. The average Bonchev–Trinajstić information content (AvgIpc) is 2.28. The van der Waals surface area contributed by atoms with Gasteiger partial charge in [-0.05, 0) is 36.5 Å². The first kappa shape index (κ1) is 14.1. The molecule has 0 aromatic heterocycles. The maximum atomic E-state index is 13.0. The molecule has 4 heteroatoms. The van der Waals surface area contributed by atoms with E-state index in [2.05, 4.69) is 12.3 Å². The van der Waals surface area contributed by atoms with Gasteiger partial charge in [-0.1, -0.05) is 19.1 Å². The minimum absolute atomic E-state index is 0.141. The van der Waals surface area contributed by atoms with Crippen LogP contribution >= 0.6 is 0 Å². The zero-order valence-corrected chi connectivity index (χ0v) is 10.4. The van der Waals surface area contributed by atoms with Crippen LogP contribution in [0.25, 0.3) is 0 Å². The van der Waals surface area contributed by atoms with E-state index in [1.54, 1.807) is 19.2 Å². The first-order valence-corrected chi connectivity index (χ1v) is 5.85. The molecule has 0 aliphatic rings. The molecule has 0 aliphatic heterocycles. The van der Waals surface area contributed by atoms with Crippen molar-refractivity contribution < 1.29 is 9.13 Å². The van der Waals surface area contributed by atoms with E-state index in [4.69, 9.17) is 10.6 Å². The van der Waals surface area contributed by atoms with Crippen LogP contribution in [0.3, 0.4) is 0 Å². The van der Waals surface area contributed by atoms with Crippen LogP contribution < -0.4 is 11.3 Å². The second kappa shape index (κ2) is 7.37. The molecule has 1 aromatic rings. The highest BCUT2D eigenvalue weighted by Crippen LogP contribution is 2.12. The number of rotatable bonds is 7. The van der Waals surface area contributed by atoms with E-state index in [0.717, 1.165) is 18.4 Å². The molecule has 3 nitrogen and oxygen atoms in total. The monoisotopic (exact) mass is 240 g/mol. The highest BCUT2D eigenvalue weighted by atomic mass is 19.1. The van der Waals surface area contributed by atoms with Gasteiger partial charge in [0.25, 0.3) is 0 Å². The Labute approximate surface area is 102 Å². The molecule has 0 saturated carbocycles. The topological polar surface area (TPSA) is 47.3 Å². The Kier molecular flexibility index (Phi) is 6.11. The number of halogens is 1. The predicted molar refractivity (Wildman–Crippen MR) is 66.9 cm³/mol. The van der Waals surface area contributed by atoms with Gasteiger partial charge in [-0.15, -0.1) is 0 Å². The van der Waals surface area contributed by atoms with Gasteiger partial charge < -0.3 is 4.74 Å². The fourth-order valence-electron chi connectivity index (χ4n) is 2.00. The number of ether oxygens (including phenoxy) is 1. The quantitative estimate of drug-likeness (QED) is 0.565. The van der Waals surface area contributed by atoms with Gasteiger partial charge in [0.2, 0.25) is 0 Å². The first-order valence-electron chi connectivity index (χ1n) is 5.85. The Hall–Kier alpha value is -0.970. The lowest BCUT2D eigenvalue weighted by atomic mass is 9.97. The van der Waals surface area contributed by atoms with Crippen LogP contribution in [0.2, 0.25) is 0 Å². The molecule has 3 N–H and O–H groups in total. The van der Waals surface area contributed by atoms with Crippen LogP contribution in [-0.2, 0) is 11.2 Å². The molecular formula is C13H21FN2O. The Morgan fingerprint density at radius 1 is 1.47 bits per heavy atom. The summed E-state index contributed by atoms with van der Waals surface area (Å²) in [5.41, 5.74) is 3.74. The summed E-state index contributed by atoms with van der Waals surface area (Å²) in [6, 6.07) is 6.76. The minimum atomic E-state index is -0.205. The third-order valence-electron chi connectivity index (χ3n) is 2.74. The van der Waals surface area contributed by atoms with Crippen molar-refractivity contribution in [2.45, 2.75) is 25.8 Å². The molecule has 17 heavy (non-hydrogen) atoms. The maximum Gasteiger partial charge on any atom is 0.123 e. The summed E-state index contributed by atoms with van der Waals surface area (Å²) >= 11 is 0. The van der Waals surface area contributed by atoms with Crippen molar-refractivity contribution in [3.63, 3.8) is 0 Å². The van der Waals surface area contributed by atoms with Crippen molar-refractivity contribution in [2.24, 2.45) is 11.8 Å². The van der Waals surface area contributed by atoms with Gasteiger partial charge in [-0.25, -0.2) is 4.39 Å². The molecule has 0 radical (unpaired) electrons. The van der Waals surface area contributed by atoms with E-state index < -0.39 is 0 Å². The minimum Gasteiger partial charge on any atom is -0.384 e. The van der Waals surface area contributed by atoms with Gasteiger partial charge in [-0.2, -0.15) is 0 Å². The number of benzene rings is 1. The lowest BCUT2D eigenvalue weighted by Crippen LogP contribution is -2.38. The summed E-state index contributed by atoms with van der Waals surface area (Å²) in [4.78, 5) is 0. The molecule has 96 valence electrons. The van der Waals surface area contributed by atoms with Crippen molar-refractivity contribution >= 4 is 0 Å². The van der Waals surface area contributed by atoms with Crippen molar-refractivity contribution in [2.75, 3.05) is 13.7 Å². The molecule has 0 heterocycles. The first-order chi connectivity index (χ1) is 8.15. The summed E-state index contributed by atoms with van der Waals surface area (Å²) in [5.74, 6) is 5.74. The number of hydrazine groups is 1. The average molecular weight is 240 g/mol. The van der Waals surface area contributed by atoms with Crippen molar-refractivity contribution in [1.82, 2.24) is 5.43 Å². The lowest BCUT2D eigenvalue weighted by Gasteiger charge is -2.20. The van der Waals surface area contributed by atoms with Crippen LogP contribution in [0.4, 0.5) is 4.39 Å². The molecule has 1 rings (SSSR count). The van der Waals surface area contributed by atoms with Crippen molar-refractivity contribution in [3.8, 4) is 0 Å². The predicted octanol–water partition coefficient (Wildman–Crippen LogP) is 1.87. The molecule has 0 fully saturated rings. The standard InChI is InChI=1S/C13H21FN2O/c1-10(9-17-2)6-13(16-15)8-11-4-3-5-12(14)7-11/h3-5,7,10,13,16H,6,8-9,15H2,1-2H3. The van der Waals surface area contributed by atoms with Gasteiger partial charge >= 0.3 is 0 Å².